The van der Waals surface area contributed by atoms with E-state index in [0.29, 0.717) is 41.9 Å². The second-order valence-corrected chi connectivity index (χ2v) is 9.15. The first-order valence-corrected chi connectivity index (χ1v) is 12.9. The summed E-state index contributed by atoms with van der Waals surface area (Å²) in [6, 6.07) is 17.0. The Bertz CT molecular complexity index is 1020. The number of anilines is 1. The highest BCUT2D eigenvalue weighted by Gasteiger charge is 2.15. The maximum Gasteiger partial charge on any atom is 0.319 e. The van der Waals surface area contributed by atoms with Crippen LogP contribution in [0.1, 0.15) is 25.2 Å². The molecule has 2 heterocycles. The van der Waals surface area contributed by atoms with Gasteiger partial charge in [0.15, 0.2) is 0 Å². The minimum Gasteiger partial charge on any atom is -0.493 e. The molecule has 9 heteroatoms. The van der Waals surface area contributed by atoms with Crippen LogP contribution in [0.15, 0.2) is 59.0 Å². The lowest BCUT2D eigenvalue weighted by Crippen LogP contribution is -2.39. The number of nitrogens with one attached hydrogen (secondary N) is 2. The van der Waals surface area contributed by atoms with Crippen LogP contribution in [0.4, 0.5) is 10.5 Å². The van der Waals surface area contributed by atoms with E-state index < -0.39 is 0 Å². The van der Waals surface area contributed by atoms with Gasteiger partial charge in [0.05, 0.1) is 23.6 Å². The van der Waals surface area contributed by atoms with Gasteiger partial charge in [0.1, 0.15) is 5.75 Å². The predicted octanol–water partition coefficient (Wildman–Crippen LogP) is 4.66. The Balaban J connectivity index is 1.23. The third-order valence-corrected chi connectivity index (χ3v) is 6.41. The average molecular weight is 482 g/mol. The number of urea groups is 1. The first-order valence-electron chi connectivity index (χ1n) is 11.7. The molecule has 34 heavy (non-hydrogen) atoms. The minimum atomic E-state index is -0.238. The molecular formula is C25H31N5O3S. The Kier molecular flexibility index (Phi) is 9.21. The summed E-state index contributed by atoms with van der Waals surface area (Å²) < 4.78 is 11.6. The number of thioether (sulfide) groups is 1. The number of carbonyl (C=O) groups is 1. The highest BCUT2D eigenvalue weighted by atomic mass is 32.2. The molecule has 0 aliphatic carbocycles. The van der Waals surface area contributed by atoms with Crippen LogP contribution in [-0.4, -0.2) is 59.7 Å². The molecule has 1 aliphatic rings. The van der Waals surface area contributed by atoms with Gasteiger partial charge in [-0.3, -0.25) is 0 Å². The van der Waals surface area contributed by atoms with Crippen molar-refractivity contribution in [1.82, 2.24) is 20.4 Å². The average Bonchev–Trinajstić information content (AvgIpc) is 3.34. The van der Waals surface area contributed by atoms with Crippen LogP contribution in [0.3, 0.4) is 0 Å². The monoisotopic (exact) mass is 481 g/mol. The quantitative estimate of drug-likeness (QED) is 0.385. The molecule has 1 aliphatic heterocycles. The lowest BCUT2D eigenvalue weighted by molar-refractivity contribution is 0.224. The summed E-state index contributed by atoms with van der Waals surface area (Å²) >= 11 is 1.66. The zero-order valence-corrected chi connectivity index (χ0v) is 20.1. The summed E-state index contributed by atoms with van der Waals surface area (Å²) in [4.78, 5) is 14.8. The number of likely N-dealkylation sites (tertiary alicyclic amines) is 1. The number of nitrogens with zero attached hydrogens (tertiary/aromatic N) is 3. The molecule has 2 amide bonds. The molecule has 1 aromatic heterocycles. The maximum absolute atomic E-state index is 12.4. The van der Waals surface area contributed by atoms with Gasteiger partial charge in [0, 0.05) is 18.8 Å². The van der Waals surface area contributed by atoms with Gasteiger partial charge in [-0.05, 0) is 50.2 Å². The maximum atomic E-state index is 12.4. The fraction of sp³-hybridized carbons (Fsp3) is 0.400. The molecule has 0 spiro atoms. The van der Waals surface area contributed by atoms with E-state index in [4.69, 9.17) is 9.15 Å². The van der Waals surface area contributed by atoms with E-state index in [9.17, 15) is 4.79 Å². The molecule has 180 valence electrons. The Hall–Kier alpha value is -3.04. The Morgan fingerprint density at radius 2 is 1.82 bits per heavy atom. The van der Waals surface area contributed by atoms with Gasteiger partial charge in [-0.15, -0.1) is 22.0 Å². The normalized spacial score (nSPS) is 14.0. The summed E-state index contributed by atoms with van der Waals surface area (Å²) in [5, 5.41) is 14.2. The molecule has 2 aromatic carbocycles. The Labute approximate surface area is 204 Å². The number of hydrogen-bond acceptors (Lipinski definition) is 7. The van der Waals surface area contributed by atoms with Crippen molar-refractivity contribution in [1.29, 1.82) is 0 Å². The molecule has 0 bridgehead atoms. The number of para-hydroxylation sites is 2. The standard InChI is InChI=1S/C25H31N5O3S/c31-25(26-13-16-30-14-7-2-8-15-30)27-22-12-6-5-11-21(22)24-29-28-23(33-24)19-34-18-17-32-20-9-3-1-4-10-20/h1,3-6,9-12H,2,7-8,13-19H2,(H2,26,27,31). The number of carbonyl (C=O) groups excluding carboxylic acids is 1. The highest BCUT2D eigenvalue weighted by molar-refractivity contribution is 7.98. The SMILES string of the molecule is O=C(NCCN1CCCCC1)Nc1ccccc1-c1nnc(CSCCOc2ccccc2)o1. The largest absolute Gasteiger partial charge is 0.493 e. The summed E-state index contributed by atoms with van der Waals surface area (Å²) in [6.45, 7) is 4.32. The Morgan fingerprint density at radius 3 is 2.68 bits per heavy atom. The zero-order chi connectivity index (χ0) is 23.4. The predicted molar refractivity (Wildman–Crippen MR) is 135 cm³/mol. The lowest BCUT2D eigenvalue weighted by Gasteiger charge is -2.26. The number of piperidine rings is 1. The Morgan fingerprint density at radius 1 is 1.03 bits per heavy atom. The lowest BCUT2D eigenvalue weighted by atomic mass is 10.1. The van der Waals surface area contributed by atoms with Crippen LogP contribution in [-0.2, 0) is 5.75 Å². The minimum absolute atomic E-state index is 0.238. The molecule has 0 saturated carbocycles. The molecule has 2 N–H and O–H groups in total. The molecule has 1 saturated heterocycles. The van der Waals surface area contributed by atoms with E-state index in [1.165, 1.54) is 19.3 Å². The number of amides is 2. The van der Waals surface area contributed by atoms with Gasteiger partial charge in [0.2, 0.25) is 11.8 Å². The van der Waals surface area contributed by atoms with Crippen LogP contribution in [0.25, 0.3) is 11.5 Å². The first kappa shape index (κ1) is 24.1. The number of benzene rings is 2. The van der Waals surface area contributed by atoms with E-state index in [0.717, 1.165) is 31.1 Å². The van der Waals surface area contributed by atoms with Gasteiger partial charge in [-0.25, -0.2) is 4.79 Å². The molecule has 1 fully saturated rings. The third-order valence-electron chi connectivity index (χ3n) is 5.50. The molecule has 0 radical (unpaired) electrons. The number of ether oxygens (including phenoxy) is 1. The van der Waals surface area contributed by atoms with Crippen molar-refractivity contribution in [3.8, 4) is 17.2 Å². The van der Waals surface area contributed by atoms with E-state index in [-0.39, 0.29) is 6.03 Å². The second kappa shape index (κ2) is 13.0. The van der Waals surface area contributed by atoms with Crippen LogP contribution in [0.5, 0.6) is 5.75 Å². The molecule has 0 atom stereocenters. The number of hydrogen-bond donors (Lipinski definition) is 2. The smallest absolute Gasteiger partial charge is 0.319 e. The van der Waals surface area contributed by atoms with Crippen molar-refractivity contribution in [2.75, 3.05) is 43.9 Å². The molecule has 3 aromatic rings. The first-order chi connectivity index (χ1) is 16.8. The van der Waals surface area contributed by atoms with Crippen LogP contribution in [0, 0.1) is 0 Å². The van der Waals surface area contributed by atoms with Crippen molar-refractivity contribution >= 4 is 23.5 Å². The van der Waals surface area contributed by atoms with Gasteiger partial charge >= 0.3 is 6.03 Å². The van der Waals surface area contributed by atoms with Crippen molar-refractivity contribution in [2.24, 2.45) is 0 Å². The van der Waals surface area contributed by atoms with Crippen LogP contribution < -0.4 is 15.4 Å². The van der Waals surface area contributed by atoms with E-state index in [1.54, 1.807) is 11.8 Å². The number of rotatable bonds is 11. The van der Waals surface area contributed by atoms with Gasteiger partial charge in [-0.2, -0.15) is 0 Å². The van der Waals surface area contributed by atoms with Crippen LogP contribution >= 0.6 is 11.8 Å². The zero-order valence-electron chi connectivity index (χ0n) is 19.2. The second-order valence-electron chi connectivity index (χ2n) is 8.04. The topological polar surface area (TPSA) is 92.5 Å². The molecule has 8 nitrogen and oxygen atoms in total. The summed E-state index contributed by atoms with van der Waals surface area (Å²) in [6.07, 6.45) is 3.79. The van der Waals surface area contributed by atoms with Crippen molar-refractivity contribution in [2.45, 2.75) is 25.0 Å². The summed E-state index contributed by atoms with van der Waals surface area (Å²) in [5.74, 6) is 3.20. The molecular weight excluding hydrogens is 450 g/mol. The van der Waals surface area contributed by atoms with Gasteiger partial charge in [0.25, 0.3) is 0 Å². The molecule has 4 rings (SSSR count). The third kappa shape index (κ3) is 7.50. The fourth-order valence-corrected chi connectivity index (χ4v) is 4.41. The van der Waals surface area contributed by atoms with E-state index in [2.05, 4.69) is 25.7 Å². The van der Waals surface area contributed by atoms with Crippen molar-refractivity contribution in [3.63, 3.8) is 0 Å². The van der Waals surface area contributed by atoms with Gasteiger partial charge in [-0.1, -0.05) is 36.8 Å². The van der Waals surface area contributed by atoms with Gasteiger partial charge < -0.3 is 24.7 Å². The van der Waals surface area contributed by atoms with E-state index in [1.807, 2.05) is 54.6 Å². The molecule has 0 unspecified atom stereocenters. The summed E-state index contributed by atoms with van der Waals surface area (Å²) in [7, 11) is 0. The fourth-order valence-electron chi connectivity index (χ4n) is 3.77. The highest BCUT2D eigenvalue weighted by Crippen LogP contribution is 2.27. The van der Waals surface area contributed by atoms with Crippen LogP contribution in [0.2, 0.25) is 0 Å². The van der Waals surface area contributed by atoms with Crippen molar-refractivity contribution in [3.05, 3.63) is 60.5 Å². The number of aromatic nitrogens is 2. The van der Waals surface area contributed by atoms with Crippen molar-refractivity contribution < 1.29 is 13.9 Å². The summed E-state index contributed by atoms with van der Waals surface area (Å²) in [5.41, 5.74) is 1.34. The van der Waals surface area contributed by atoms with E-state index >= 15 is 0 Å².